The van der Waals surface area contributed by atoms with Gasteiger partial charge in [-0.1, -0.05) is 30.3 Å². The molecular weight excluding hydrogens is 314 g/mol. The largest absolute Gasteiger partial charge is 0.354 e. The van der Waals surface area contributed by atoms with E-state index in [0.29, 0.717) is 25.6 Å². The van der Waals surface area contributed by atoms with E-state index in [4.69, 9.17) is 0 Å². The SMILES string of the molecule is Cc1cccc(=O)n1CCC(=O)NC[C@@H]1Cc2ccccc2CN1C. The summed E-state index contributed by atoms with van der Waals surface area (Å²) in [6.45, 7) is 3.84. The molecule has 0 radical (unpaired) electrons. The average molecular weight is 339 g/mol. The molecule has 5 heteroatoms. The highest BCUT2D eigenvalue weighted by atomic mass is 16.1. The summed E-state index contributed by atoms with van der Waals surface area (Å²) in [6, 6.07) is 13.9. The second-order valence-electron chi connectivity index (χ2n) is 6.75. The normalized spacial score (nSPS) is 17.1. The molecular formula is C20H25N3O2. The number of amides is 1. The molecule has 25 heavy (non-hydrogen) atoms. The third-order valence-electron chi connectivity index (χ3n) is 4.98. The zero-order chi connectivity index (χ0) is 17.8. The first-order valence-corrected chi connectivity index (χ1v) is 8.75. The second kappa shape index (κ2) is 7.66. The van der Waals surface area contributed by atoms with E-state index in [1.165, 1.54) is 17.2 Å². The van der Waals surface area contributed by atoms with Crippen LogP contribution < -0.4 is 10.9 Å². The van der Waals surface area contributed by atoms with Gasteiger partial charge in [0, 0.05) is 43.9 Å². The molecule has 2 heterocycles. The molecule has 1 aromatic heterocycles. The van der Waals surface area contributed by atoms with E-state index in [0.717, 1.165) is 18.7 Å². The van der Waals surface area contributed by atoms with Crippen LogP contribution in [0.4, 0.5) is 0 Å². The first-order chi connectivity index (χ1) is 12.0. The summed E-state index contributed by atoms with van der Waals surface area (Å²) in [5, 5.41) is 3.03. The Hall–Kier alpha value is -2.40. The van der Waals surface area contributed by atoms with Crippen molar-refractivity contribution in [2.24, 2.45) is 0 Å². The van der Waals surface area contributed by atoms with Crippen molar-refractivity contribution in [2.75, 3.05) is 13.6 Å². The number of likely N-dealkylation sites (N-methyl/N-ethyl adjacent to an activating group) is 1. The summed E-state index contributed by atoms with van der Waals surface area (Å²) in [5.41, 5.74) is 3.55. The number of nitrogens with one attached hydrogen (secondary N) is 1. The highest BCUT2D eigenvalue weighted by Crippen LogP contribution is 2.21. The molecule has 0 fully saturated rings. The van der Waals surface area contributed by atoms with Crippen molar-refractivity contribution >= 4 is 5.91 Å². The maximum absolute atomic E-state index is 12.2. The molecule has 1 aliphatic rings. The molecule has 3 rings (SSSR count). The zero-order valence-electron chi connectivity index (χ0n) is 14.9. The van der Waals surface area contributed by atoms with Gasteiger partial charge in [-0.2, -0.15) is 0 Å². The van der Waals surface area contributed by atoms with Crippen molar-refractivity contribution in [3.8, 4) is 0 Å². The molecule has 0 aliphatic carbocycles. The van der Waals surface area contributed by atoms with Gasteiger partial charge in [-0.15, -0.1) is 0 Å². The van der Waals surface area contributed by atoms with E-state index in [1.54, 1.807) is 10.6 Å². The van der Waals surface area contributed by atoms with Gasteiger partial charge in [0.15, 0.2) is 0 Å². The first kappa shape index (κ1) is 17.4. The van der Waals surface area contributed by atoms with Gasteiger partial charge >= 0.3 is 0 Å². The highest BCUT2D eigenvalue weighted by Gasteiger charge is 2.23. The summed E-state index contributed by atoms with van der Waals surface area (Å²) >= 11 is 0. The van der Waals surface area contributed by atoms with Crippen LogP contribution in [0.3, 0.4) is 0 Å². The number of hydrogen-bond acceptors (Lipinski definition) is 3. The third-order valence-corrected chi connectivity index (χ3v) is 4.98. The van der Waals surface area contributed by atoms with Gasteiger partial charge in [0.25, 0.3) is 5.56 Å². The predicted molar refractivity (Wildman–Crippen MR) is 98.5 cm³/mol. The lowest BCUT2D eigenvalue weighted by molar-refractivity contribution is -0.121. The van der Waals surface area contributed by atoms with E-state index in [-0.39, 0.29) is 11.5 Å². The Morgan fingerprint density at radius 3 is 2.68 bits per heavy atom. The van der Waals surface area contributed by atoms with Crippen molar-refractivity contribution in [2.45, 2.75) is 38.9 Å². The van der Waals surface area contributed by atoms with Crippen LogP contribution in [0.5, 0.6) is 0 Å². The molecule has 1 aromatic carbocycles. The fourth-order valence-electron chi connectivity index (χ4n) is 3.39. The number of fused-ring (bicyclic) bond motifs is 1. The van der Waals surface area contributed by atoms with Crippen LogP contribution in [-0.4, -0.2) is 35.0 Å². The standard InChI is InChI=1S/C20H25N3O2/c1-15-6-5-9-20(25)23(15)11-10-19(24)21-13-18-12-16-7-3-4-8-17(16)14-22(18)2/h3-9,18H,10-14H2,1-2H3,(H,21,24)/t18-/m0/s1. The summed E-state index contributed by atoms with van der Waals surface area (Å²) in [5.74, 6) is -0.0117. The van der Waals surface area contributed by atoms with Crippen LogP contribution in [0.1, 0.15) is 23.2 Å². The quantitative estimate of drug-likeness (QED) is 0.902. The lowest BCUT2D eigenvalue weighted by Gasteiger charge is -2.34. The Morgan fingerprint density at radius 2 is 1.92 bits per heavy atom. The molecule has 0 unspecified atom stereocenters. The van der Waals surface area contributed by atoms with Crippen LogP contribution in [-0.2, 0) is 24.3 Å². The molecule has 0 bridgehead atoms. The monoisotopic (exact) mass is 339 g/mol. The number of pyridine rings is 1. The Morgan fingerprint density at radius 1 is 1.16 bits per heavy atom. The minimum atomic E-state index is -0.0589. The first-order valence-electron chi connectivity index (χ1n) is 8.75. The average Bonchev–Trinajstić information content (AvgIpc) is 2.59. The number of benzene rings is 1. The summed E-state index contributed by atoms with van der Waals surface area (Å²) in [4.78, 5) is 26.3. The van der Waals surface area contributed by atoms with Crippen LogP contribution in [0.2, 0.25) is 0 Å². The van der Waals surface area contributed by atoms with Crippen LogP contribution >= 0.6 is 0 Å². The molecule has 1 aliphatic heterocycles. The summed E-state index contributed by atoms with van der Waals surface area (Å²) < 4.78 is 1.64. The number of carbonyl (C=O) groups excluding carboxylic acids is 1. The Labute approximate surface area is 148 Å². The fourth-order valence-corrected chi connectivity index (χ4v) is 3.39. The van der Waals surface area contributed by atoms with Crippen molar-refractivity contribution in [3.05, 3.63) is 69.6 Å². The third kappa shape index (κ3) is 4.17. The van der Waals surface area contributed by atoms with Gasteiger partial charge in [-0.25, -0.2) is 0 Å². The van der Waals surface area contributed by atoms with Crippen molar-refractivity contribution < 1.29 is 4.79 Å². The van der Waals surface area contributed by atoms with E-state index >= 15 is 0 Å². The van der Waals surface area contributed by atoms with Gasteiger partial charge in [-0.3, -0.25) is 14.5 Å². The summed E-state index contributed by atoms with van der Waals surface area (Å²) in [6.07, 6.45) is 1.27. The lowest BCUT2D eigenvalue weighted by Crippen LogP contribution is -2.45. The molecule has 0 saturated heterocycles. The molecule has 1 N–H and O–H groups in total. The Bertz CT molecular complexity index is 813. The summed E-state index contributed by atoms with van der Waals surface area (Å²) in [7, 11) is 2.10. The lowest BCUT2D eigenvalue weighted by atomic mass is 9.94. The maximum Gasteiger partial charge on any atom is 0.250 e. The Balaban J connectivity index is 1.52. The van der Waals surface area contributed by atoms with Gasteiger partial charge in [0.05, 0.1) is 0 Å². The van der Waals surface area contributed by atoms with Gasteiger partial charge < -0.3 is 9.88 Å². The molecule has 132 valence electrons. The number of carbonyl (C=O) groups is 1. The second-order valence-corrected chi connectivity index (χ2v) is 6.75. The minimum Gasteiger partial charge on any atom is -0.354 e. The van der Waals surface area contributed by atoms with E-state index in [9.17, 15) is 9.59 Å². The highest BCUT2D eigenvalue weighted by molar-refractivity contribution is 5.75. The number of rotatable bonds is 5. The topological polar surface area (TPSA) is 54.3 Å². The van der Waals surface area contributed by atoms with Crippen molar-refractivity contribution in [3.63, 3.8) is 0 Å². The zero-order valence-corrected chi connectivity index (χ0v) is 14.9. The number of aryl methyl sites for hydroxylation is 1. The van der Waals surface area contributed by atoms with Crippen LogP contribution in [0.25, 0.3) is 0 Å². The van der Waals surface area contributed by atoms with E-state index < -0.39 is 0 Å². The van der Waals surface area contributed by atoms with Crippen molar-refractivity contribution in [1.29, 1.82) is 0 Å². The smallest absolute Gasteiger partial charge is 0.250 e. The maximum atomic E-state index is 12.2. The van der Waals surface area contributed by atoms with Crippen molar-refractivity contribution in [1.82, 2.24) is 14.8 Å². The van der Waals surface area contributed by atoms with E-state index in [2.05, 4.69) is 41.5 Å². The minimum absolute atomic E-state index is 0.0117. The van der Waals surface area contributed by atoms with Gasteiger partial charge in [0.1, 0.15) is 0 Å². The molecule has 1 amide bonds. The number of hydrogen-bond donors (Lipinski definition) is 1. The predicted octanol–water partition coefficient (Wildman–Crippen LogP) is 1.72. The van der Waals surface area contributed by atoms with Gasteiger partial charge in [0.2, 0.25) is 5.91 Å². The Kier molecular flexibility index (Phi) is 5.34. The fraction of sp³-hybridized carbons (Fsp3) is 0.400. The van der Waals surface area contributed by atoms with Crippen LogP contribution in [0, 0.1) is 6.92 Å². The van der Waals surface area contributed by atoms with Crippen LogP contribution in [0.15, 0.2) is 47.3 Å². The molecule has 2 aromatic rings. The molecule has 5 nitrogen and oxygen atoms in total. The van der Waals surface area contributed by atoms with E-state index in [1.807, 2.05) is 13.0 Å². The molecule has 1 atom stereocenters. The van der Waals surface area contributed by atoms with Gasteiger partial charge in [-0.05, 0) is 37.6 Å². The molecule has 0 spiro atoms. The molecule has 0 saturated carbocycles. The number of nitrogens with zero attached hydrogens (tertiary/aromatic N) is 2. The number of aromatic nitrogens is 1.